The van der Waals surface area contributed by atoms with E-state index < -0.39 is 34.6 Å². The van der Waals surface area contributed by atoms with E-state index in [0.29, 0.717) is 17.0 Å². The van der Waals surface area contributed by atoms with Crippen LogP contribution in [-0.2, 0) is 12.7 Å². The van der Waals surface area contributed by atoms with E-state index in [1.807, 2.05) is 0 Å². The molecule has 1 aromatic heterocycles. The first-order chi connectivity index (χ1) is 15.7. The van der Waals surface area contributed by atoms with Gasteiger partial charge in [-0.05, 0) is 42.0 Å². The topological polar surface area (TPSA) is 106 Å². The van der Waals surface area contributed by atoms with Crippen LogP contribution in [-0.4, -0.2) is 17.3 Å². The Morgan fingerprint density at radius 1 is 1.03 bits per heavy atom. The van der Waals surface area contributed by atoms with Crippen LogP contribution in [0.3, 0.4) is 0 Å². The number of anilines is 3. The molecule has 3 aromatic carbocycles. The van der Waals surface area contributed by atoms with Gasteiger partial charge in [-0.2, -0.15) is 18.2 Å². The molecule has 0 unspecified atom stereocenters. The Hall–Kier alpha value is -4.22. The molecular formula is C21H14F4N4O4. The number of methoxy groups -OCH3 is 1. The zero-order valence-corrected chi connectivity index (χ0v) is 16.8. The average molecular weight is 462 g/mol. The summed E-state index contributed by atoms with van der Waals surface area (Å²) < 4.78 is 61.4. The quantitative estimate of drug-likeness (QED) is 0.315. The normalized spacial score (nSPS) is 11.5. The highest BCUT2D eigenvalue weighted by Crippen LogP contribution is 2.30. The smallest absolute Gasteiger partial charge is 0.471 e. The largest absolute Gasteiger partial charge is 0.497 e. The zero-order valence-electron chi connectivity index (χ0n) is 16.8. The Morgan fingerprint density at radius 2 is 1.73 bits per heavy atom. The summed E-state index contributed by atoms with van der Waals surface area (Å²) >= 11 is 0. The minimum Gasteiger partial charge on any atom is -0.497 e. The molecule has 0 spiro atoms. The van der Waals surface area contributed by atoms with Gasteiger partial charge in [0.15, 0.2) is 0 Å². The van der Waals surface area contributed by atoms with Gasteiger partial charge in [-0.15, -0.1) is 0 Å². The van der Waals surface area contributed by atoms with Gasteiger partial charge < -0.3 is 19.9 Å². The lowest BCUT2D eigenvalue weighted by molar-refractivity contribution is -0.159. The molecule has 0 bridgehead atoms. The third-order valence-electron chi connectivity index (χ3n) is 4.68. The van der Waals surface area contributed by atoms with Crippen molar-refractivity contribution in [2.24, 2.45) is 0 Å². The van der Waals surface area contributed by atoms with Gasteiger partial charge in [-0.1, -0.05) is 11.2 Å². The molecule has 4 aromatic rings. The van der Waals surface area contributed by atoms with E-state index in [0.717, 1.165) is 6.07 Å². The molecule has 33 heavy (non-hydrogen) atoms. The zero-order chi connectivity index (χ0) is 23.8. The van der Waals surface area contributed by atoms with E-state index in [1.54, 1.807) is 24.3 Å². The summed E-state index contributed by atoms with van der Waals surface area (Å²) in [7, 11) is 1.51. The second-order valence-corrected chi connectivity index (χ2v) is 6.85. The summed E-state index contributed by atoms with van der Waals surface area (Å²) in [6.07, 6.45) is -4.84. The Bertz CT molecular complexity index is 1370. The minimum atomic E-state index is -4.84. The number of rotatable bonds is 7. The third kappa shape index (κ3) is 4.40. The Balaban J connectivity index is 1.47. The third-order valence-corrected chi connectivity index (χ3v) is 4.68. The molecule has 8 nitrogen and oxygen atoms in total. The molecule has 0 aliphatic heterocycles. The number of ether oxygens (including phenoxy) is 1. The van der Waals surface area contributed by atoms with Crippen LogP contribution in [0.4, 0.5) is 34.6 Å². The highest BCUT2D eigenvalue weighted by Gasteiger charge is 2.38. The van der Waals surface area contributed by atoms with Crippen molar-refractivity contribution in [1.29, 1.82) is 0 Å². The fourth-order valence-corrected chi connectivity index (χ4v) is 2.99. The van der Waals surface area contributed by atoms with Crippen LogP contribution in [0.15, 0.2) is 56.6 Å². The van der Waals surface area contributed by atoms with Crippen molar-refractivity contribution in [3.63, 3.8) is 0 Å². The highest BCUT2D eigenvalue weighted by atomic mass is 19.4. The first kappa shape index (κ1) is 22.0. The molecule has 0 amide bonds. The fraction of sp³-hybridized carbons (Fsp3) is 0.143. The fourth-order valence-electron chi connectivity index (χ4n) is 2.99. The Kier molecular flexibility index (Phi) is 5.58. The maximum atomic E-state index is 14.4. The second-order valence-electron chi connectivity index (χ2n) is 6.85. The van der Waals surface area contributed by atoms with Gasteiger partial charge in [0.1, 0.15) is 22.9 Å². The molecule has 12 heteroatoms. The van der Waals surface area contributed by atoms with Crippen molar-refractivity contribution in [3.8, 4) is 17.1 Å². The Morgan fingerprint density at radius 3 is 2.33 bits per heavy atom. The highest BCUT2D eigenvalue weighted by molar-refractivity contribution is 5.78. The first-order valence-electron chi connectivity index (χ1n) is 9.35. The van der Waals surface area contributed by atoms with E-state index in [2.05, 4.69) is 25.3 Å². The average Bonchev–Trinajstić information content (AvgIpc) is 3.29. The van der Waals surface area contributed by atoms with E-state index in [4.69, 9.17) is 4.74 Å². The molecule has 0 fully saturated rings. The van der Waals surface area contributed by atoms with Gasteiger partial charge in [-0.25, -0.2) is 4.39 Å². The van der Waals surface area contributed by atoms with Gasteiger partial charge in [0.25, 0.3) is 10.9 Å². The van der Waals surface area contributed by atoms with Crippen molar-refractivity contribution in [3.05, 3.63) is 80.2 Å². The molecule has 0 saturated heterocycles. The van der Waals surface area contributed by atoms with Gasteiger partial charge in [-0.3, -0.25) is 9.59 Å². The SMILES string of the molecule is COc1ccc(Nc2c(NCc3ccc(-c4noc(C(F)(F)F)n4)c(F)c3)c(=O)c2=O)cc1. The molecule has 0 atom stereocenters. The minimum absolute atomic E-state index is 0.0284. The number of hydrogen-bond acceptors (Lipinski definition) is 8. The van der Waals surface area contributed by atoms with Crippen LogP contribution in [0.25, 0.3) is 11.4 Å². The summed E-state index contributed by atoms with van der Waals surface area (Å²) in [4.78, 5) is 27.0. The number of aromatic nitrogens is 2. The molecule has 1 heterocycles. The van der Waals surface area contributed by atoms with Crippen LogP contribution in [0.1, 0.15) is 11.5 Å². The Labute approximate surface area is 182 Å². The molecule has 4 rings (SSSR count). The van der Waals surface area contributed by atoms with Crippen molar-refractivity contribution in [1.82, 2.24) is 10.1 Å². The lowest BCUT2D eigenvalue weighted by Crippen LogP contribution is -2.36. The predicted octanol–water partition coefficient (Wildman–Crippen LogP) is 3.85. The predicted molar refractivity (Wildman–Crippen MR) is 110 cm³/mol. The number of alkyl halides is 3. The maximum Gasteiger partial charge on any atom is 0.471 e. The summed E-state index contributed by atoms with van der Waals surface area (Å²) in [5, 5.41) is 8.78. The number of nitrogens with zero attached hydrogens (tertiary/aromatic N) is 2. The molecule has 0 saturated carbocycles. The van der Waals surface area contributed by atoms with Gasteiger partial charge in [0, 0.05) is 12.2 Å². The lowest BCUT2D eigenvalue weighted by atomic mass is 10.1. The maximum absolute atomic E-state index is 14.4. The van der Waals surface area contributed by atoms with Crippen LogP contribution < -0.4 is 26.2 Å². The molecular weight excluding hydrogens is 448 g/mol. The van der Waals surface area contributed by atoms with Gasteiger partial charge >= 0.3 is 12.1 Å². The van der Waals surface area contributed by atoms with E-state index in [9.17, 15) is 27.2 Å². The van der Waals surface area contributed by atoms with Crippen LogP contribution in [0.5, 0.6) is 5.75 Å². The monoisotopic (exact) mass is 462 g/mol. The van der Waals surface area contributed by atoms with E-state index in [-0.39, 0.29) is 23.5 Å². The van der Waals surface area contributed by atoms with Crippen molar-refractivity contribution in [2.45, 2.75) is 12.7 Å². The van der Waals surface area contributed by atoms with Gasteiger partial charge in [0.05, 0.1) is 12.7 Å². The summed E-state index contributed by atoms with van der Waals surface area (Å²) in [5.74, 6) is -2.40. The van der Waals surface area contributed by atoms with Crippen LogP contribution in [0.2, 0.25) is 0 Å². The van der Waals surface area contributed by atoms with E-state index in [1.165, 1.54) is 19.2 Å². The second kappa shape index (κ2) is 8.37. The summed E-state index contributed by atoms with van der Waals surface area (Å²) in [6, 6.07) is 10.3. The van der Waals surface area contributed by atoms with Gasteiger partial charge in [0.2, 0.25) is 5.82 Å². The number of nitrogens with one attached hydrogen (secondary N) is 2. The molecule has 2 N–H and O–H groups in total. The van der Waals surface area contributed by atoms with Crippen LogP contribution >= 0.6 is 0 Å². The molecule has 0 radical (unpaired) electrons. The van der Waals surface area contributed by atoms with Crippen molar-refractivity contribution >= 4 is 17.1 Å². The summed E-state index contributed by atoms with van der Waals surface area (Å²) in [6.45, 7) is -0.0284. The first-order valence-corrected chi connectivity index (χ1v) is 9.35. The number of halogens is 4. The lowest BCUT2D eigenvalue weighted by Gasteiger charge is -2.15. The van der Waals surface area contributed by atoms with Crippen molar-refractivity contribution < 1.29 is 26.8 Å². The molecule has 170 valence electrons. The standard InChI is InChI=1S/C21H14F4N4O4/c1-32-12-5-3-11(4-6-12)27-16-15(17(30)18(16)31)26-9-10-2-7-13(14(22)8-10)19-28-20(33-29-19)21(23,24)25/h2-8,26-27H,9H2,1H3. The molecule has 0 aliphatic rings. The van der Waals surface area contributed by atoms with E-state index >= 15 is 0 Å². The molecule has 0 aliphatic carbocycles. The van der Waals surface area contributed by atoms with Crippen molar-refractivity contribution in [2.75, 3.05) is 17.7 Å². The number of hydrogen-bond donors (Lipinski definition) is 2. The van der Waals surface area contributed by atoms with Crippen LogP contribution in [0, 0.1) is 5.82 Å². The summed E-state index contributed by atoms with van der Waals surface area (Å²) in [5.41, 5.74) is -0.697. The number of benzene rings is 2.